The van der Waals surface area contributed by atoms with Gasteiger partial charge in [0.05, 0.1) is 8.07 Å². The number of rotatable bonds is 7. The summed E-state index contributed by atoms with van der Waals surface area (Å²) >= 11 is -0.556. The van der Waals surface area contributed by atoms with Crippen molar-refractivity contribution in [2.75, 3.05) is 0 Å². The normalized spacial score (nSPS) is 14.0. The second kappa shape index (κ2) is 15.4. The number of para-hydroxylation sites is 1. The Morgan fingerprint density at radius 1 is 0.646 bits per heavy atom. The van der Waals surface area contributed by atoms with Crippen molar-refractivity contribution in [3.8, 4) is 11.5 Å². The number of halogens is 2. The van der Waals surface area contributed by atoms with Gasteiger partial charge in [-0.05, 0) is 117 Å². The molecule has 0 spiro atoms. The molecule has 0 aromatic heterocycles. The minimum absolute atomic E-state index is 0.0512. The SMILES string of the molecule is CC1=C(C)C([Si](C)(C)c2cc(Oc3ccccc3)c(C(c3ccccc3)c3ccccc3)cc2C)c2c(C)c(C)c(C)c(C)c21.[Cl][Ti][Cl]. The summed E-state index contributed by atoms with van der Waals surface area (Å²) in [6, 6.07) is 36.9. The van der Waals surface area contributed by atoms with Crippen LogP contribution in [0.25, 0.3) is 5.57 Å². The number of hydrogen-bond acceptors (Lipinski definition) is 1. The Balaban J connectivity index is 0.00000145. The van der Waals surface area contributed by atoms with E-state index in [2.05, 4.69) is 159 Å². The molecule has 5 aromatic carbocycles. The average molecular weight is 726 g/mol. The average Bonchev–Trinajstić information content (AvgIpc) is 3.36. The molecule has 0 bridgehead atoms. The molecule has 5 aromatic rings. The van der Waals surface area contributed by atoms with Crippen molar-refractivity contribution in [1.82, 2.24) is 0 Å². The third-order valence-electron chi connectivity index (χ3n) is 10.7. The molecule has 0 heterocycles. The zero-order valence-electron chi connectivity index (χ0n) is 29.6. The molecular weight excluding hydrogens is 679 g/mol. The topological polar surface area (TPSA) is 9.23 Å². The number of benzene rings is 5. The number of allylic oxidation sites excluding steroid dienone is 2. The first-order chi connectivity index (χ1) is 22.9. The standard InChI is InChI=1S/C43H46OSi.2ClH.Ti/c1-27-25-37(42(34-19-13-10-14-20-34)35-21-15-11-16-22-35)38(44-36-23-17-12-18-24-36)26-39(27)45(8,9)43-33(7)32(6)40-30(4)28(2)29(3)31(5)41(40)43;;;/h10-26,42-43H,1-9H3;2*1H;/q;;;+2/p-2. The number of fused-ring (bicyclic) bond motifs is 1. The fourth-order valence-electron chi connectivity index (χ4n) is 8.05. The Hall–Kier alpha value is -2.85. The van der Waals surface area contributed by atoms with Gasteiger partial charge in [0.15, 0.2) is 0 Å². The molecule has 0 saturated heterocycles. The van der Waals surface area contributed by atoms with Crippen molar-refractivity contribution in [2.24, 2.45) is 0 Å². The van der Waals surface area contributed by atoms with Crippen LogP contribution in [0.4, 0.5) is 0 Å². The van der Waals surface area contributed by atoms with Crippen LogP contribution >= 0.6 is 18.6 Å². The van der Waals surface area contributed by atoms with E-state index in [0.717, 1.165) is 11.5 Å². The second-order valence-corrected chi connectivity index (χ2v) is 20.8. The van der Waals surface area contributed by atoms with Crippen LogP contribution in [-0.2, 0) is 17.0 Å². The molecule has 0 N–H and O–H groups in total. The molecular formula is C43H46Cl2OSiTi. The van der Waals surface area contributed by atoms with Crippen LogP contribution < -0.4 is 9.92 Å². The van der Waals surface area contributed by atoms with E-state index < -0.39 is 25.1 Å². The first-order valence-electron chi connectivity index (χ1n) is 16.7. The summed E-state index contributed by atoms with van der Waals surface area (Å²) in [5.74, 6) is 1.86. The van der Waals surface area contributed by atoms with Crippen LogP contribution in [0.5, 0.6) is 11.5 Å². The van der Waals surface area contributed by atoms with Gasteiger partial charge in [-0.1, -0.05) is 114 Å². The van der Waals surface area contributed by atoms with Crippen LogP contribution in [0, 0.1) is 34.6 Å². The summed E-state index contributed by atoms with van der Waals surface area (Å²) in [5.41, 5.74) is 17.4. The predicted molar refractivity (Wildman–Crippen MR) is 207 cm³/mol. The Bertz CT molecular complexity index is 1900. The predicted octanol–water partition coefficient (Wildman–Crippen LogP) is 12.6. The third kappa shape index (κ3) is 6.93. The molecule has 0 amide bonds. The van der Waals surface area contributed by atoms with Crippen molar-refractivity contribution in [3.05, 3.63) is 164 Å². The fraction of sp³-hybridized carbons (Fsp3) is 0.256. The van der Waals surface area contributed by atoms with Gasteiger partial charge in [-0.3, -0.25) is 0 Å². The van der Waals surface area contributed by atoms with Crippen molar-refractivity contribution in [2.45, 2.75) is 73.0 Å². The maximum atomic E-state index is 6.89. The van der Waals surface area contributed by atoms with Crippen LogP contribution in [0.3, 0.4) is 0 Å². The molecule has 0 aliphatic heterocycles. The van der Waals surface area contributed by atoms with Gasteiger partial charge in [0.25, 0.3) is 0 Å². The van der Waals surface area contributed by atoms with Crippen molar-refractivity contribution >= 4 is 37.4 Å². The zero-order valence-corrected chi connectivity index (χ0v) is 33.7. The Morgan fingerprint density at radius 2 is 1.12 bits per heavy atom. The van der Waals surface area contributed by atoms with Crippen molar-refractivity contribution in [3.63, 3.8) is 0 Å². The summed E-state index contributed by atoms with van der Waals surface area (Å²) in [6.07, 6.45) is 0. The minimum atomic E-state index is -2.14. The van der Waals surface area contributed by atoms with Gasteiger partial charge in [0.1, 0.15) is 11.5 Å². The van der Waals surface area contributed by atoms with E-state index in [-0.39, 0.29) is 5.92 Å². The monoisotopic (exact) mass is 724 g/mol. The van der Waals surface area contributed by atoms with E-state index >= 15 is 0 Å². The molecule has 5 heteroatoms. The summed E-state index contributed by atoms with van der Waals surface area (Å²) in [7, 11) is 7.63. The number of aryl methyl sites for hydroxylation is 1. The summed E-state index contributed by atoms with van der Waals surface area (Å²) in [5, 5.41) is 1.47. The fourth-order valence-corrected chi connectivity index (χ4v) is 12.3. The molecule has 0 saturated carbocycles. The van der Waals surface area contributed by atoms with E-state index in [1.165, 1.54) is 60.8 Å². The first-order valence-corrected chi connectivity index (χ1v) is 24.0. The summed E-state index contributed by atoms with van der Waals surface area (Å²) < 4.78 is 6.89. The van der Waals surface area contributed by atoms with E-state index in [4.69, 9.17) is 23.3 Å². The number of ether oxygens (including phenoxy) is 1. The number of hydrogen-bond donors (Lipinski definition) is 0. The zero-order chi connectivity index (χ0) is 34.7. The molecule has 1 unspecified atom stereocenters. The molecule has 1 aliphatic carbocycles. The van der Waals surface area contributed by atoms with E-state index in [1.54, 1.807) is 11.1 Å². The van der Waals surface area contributed by atoms with Crippen molar-refractivity contribution < 1.29 is 21.8 Å². The maximum absolute atomic E-state index is 6.89. The molecule has 0 radical (unpaired) electrons. The van der Waals surface area contributed by atoms with Gasteiger partial charge in [-0.2, -0.15) is 0 Å². The van der Waals surface area contributed by atoms with Crippen LogP contribution in [0.2, 0.25) is 13.1 Å². The second-order valence-electron chi connectivity index (χ2n) is 13.7. The summed E-state index contributed by atoms with van der Waals surface area (Å²) in [4.78, 5) is 0. The molecule has 6 rings (SSSR count). The van der Waals surface area contributed by atoms with Crippen LogP contribution in [0.15, 0.2) is 109 Å². The molecule has 1 nitrogen and oxygen atoms in total. The van der Waals surface area contributed by atoms with Gasteiger partial charge in [0.2, 0.25) is 0 Å². The van der Waals surface area contributed by atoms with Crippen molar-refractivity contribution in [1.29, 1.82) is 0 Å². The molecule has 1 atom stereocenters. The van der Waals surface area contributed by atoms with E-state index in [9.17, 15) is 0 Å². The van der Waals surface area contributed by atoms with Gasteiger partial charge < -0.3 is 4.74 Å². The molecule has 48 heavy (non-hydrogen) atoms. The quantitative estimate of drug-likeness (QED) is 0.120. The first kappa shape index (κ1) is 36.4. The van der Waals surface area contributed by atoms with Gasteiger partial charge in [0, 0.05) is 17.0 Å². The Kier molecular flexibility index (Phi) is 11.7. The van der Waals surface area contributed by atoms with Gasteiger partial charge in [-0.15, -0.1) is 0 Å². The van der Waals surface area contributed by atoms with Gasteiger partial charge >= 0.3 is 35.6 Å². The van der Waals surface area contributed by atoms with E-state index in [0.29, 0.717) is 5.54 Å². The summed E-state index contributed by atoms with van der Waals surface area (Å²) in [6.45, 7) is 21.5. The Morgan fingerprint density at radius 3 is 1.65 bits per heavy atom. The molecule has 1 aliphatic rings. The molecule has 0 fully saturated rings. The van der Waals surface area contributed by atoms with E-state index in [1.807, 2.05) is 6.07 Å². The van der Waals surface area contributed by atoms with Crippen LogP contribution in [-0.4, -0.2) is 8.07 Å². The molecule has 246 valence electrons. The Labute approximate surface area is 306 Å². The van der Waals surface area contributed by atoms with Gasteiger partial charge in [-0.25, -0.2) is 0 Å². The third-order valence-corrected chi connectivity index (χ3v) is 14.8. The van der Waals surface area contributed by atoms with Crippen LogP contribution in [0.1, 0.15) is 80.9 Å².